The zero-order valence-electron chi connectivity index (χ0n) is 15.1. The van der Waals surface area contributed by atoms with Crippen molar-refractivity contribution in [1.82, 2.24) is 19.4 Å². The standard InChI is InChI=1S/C19H26N6O/c26-19(15-22-6-4-5-7-22)25-12-10-24(11-13-25)18-14-17(20-16-21-18)23-8-2-1-3-9-23/h4-7,14,16H,1-3,8-13,15H2. The Hall–Kier alpha value is -2.57. The number of carbonyl (C=O) groups is 1. The van der Waals surface area contributed by atoms with Crippen LogP contribution < -0.4 is 9.80 Å². The monoisotopic (exact) mass is 354 g/mol. The maximum absolute atomic E-state index is 12.4. The van der Waals surface area contributed by atoms with E-state index in [9.17, 15) is 4.79 Å². The maximum atomic E-state index is 12.4. The molecule has 0 unspecified atom stereocenters. The topological polar surface area (TPSA) is 57.5 Å². The van der Waals surface area contributed by atoms with Crippen LogP contribution in [0.2, 0.25) is 0 Å². The molecular weight excluding hydrogens is 328 g/mol. The van der Waals surface area contributed by atoms with Crippen LogP contribution in [0.4, 0.5) is 11.6 Å². The summed E-state index contributed by atoms with van der Waals surface area (Å²) in [6.45, 7) is 5.68. The quantitative estimate of drug-likeness (QED) is 0.835. The number of nitrogens with zero attached hydrogens (tertiary/aromatic N) is 6. The lowest BCUT2D eigenvalue weighted by Gasteiger charge is -2.36. The van der Waals surface area contributed by atoms with Gasteiger partial charge in [-0.2, -0.15) is 0 Å². The minimum absolute atomic E-state index is 0.178. The average Bonchev–Trinajstić information content (AvgIpc) is 3.22. The predicted octanol–water partition coefficient (Wildman–Crippen LogP) is 1.62. The first-order valence-electron chi connectivity index (χ1n) is 9.50. The van der Waals surface area contributed by atoms with Crippen LogP contribution in [0.15, 0.2) is 36.9 Å². The maximum Gasteiger partial charge on any atom is 0.242 e. The molecule has 7 nitrogen and oxygen atoms in total. The van der Waals surface area contributed by atoms with Gasteiger partial charge in [0.05, 0.1) is 0 Å². The van der Waals surface area contributed by atoms with E-state index < -0.39 is 0 Å². The second-order valence-electron chi connectivity index (χ2n) is 7.01. The Morgan fingerprint density at radius 3 is 2.12 bits per heavy atom. The van der Waals surface area contributed by atoms with Crippen molar-refractivity contribution in [2.45, 2.75) is 25.8 Å². The van der Waals surface area contributed by atoms with E-state index in [-0.39, 0.29) is 5.91 Å². The number of hydrogen-bond donors (Lipinski definition) is 0. The summed E-state index contributed by atoms with van der Waals surface area (Å²) in [7, 11) is 0. The van der Waals surface area contributed by atoms with E-state index in [1.807, 2.05) is 34.0 Å². The molecule has 0 spiro atoms. The summed E-state index contributed by atoms with van der Waals surface area (Å²) in [4.78, 5) is 27.9. The highest BCUT2D eigenvalue weighted by Gasteiger charge is 2.23. The van der Waals surface area contributed by atoms with E-state index in [4.69, 9.17) is 0 Å². The molecule has 0 bridgehead atoms. The number of piperidine rings is 1. The molecule has 2 aliphatic rings. The summed E-state index contributed by atoms with van der Waals surface area (Å²) in [5, 5.41) is 0. The fourth-order valence-electron chi connectivity index (χ4n) is 3.72. The molecule has 0 N–H and O–H groups in total. The number of aromatic nitrogens is 3. The Labute approximate surface area is 154 Å². The molecule has 2 saturated heterocycles. The van der Waals surface area contributed by atoms with E-state index in [2.05, 4.69) is 25.8 Å². The molecule has 2 aromatic rings. The summed E-state index contributed by atoms with van der Waals surface area (Å²) < 4.78 is 1.92. The second-order valence-corrected chi connectivity index (χ2v) is 7.01. The van der Waals surface area contributed by atoms with Crippen molar-refractivity contribution in [3.63, 3.8) is 0 Å². The smallest absolute Gasteiger partial charge is 0.242 e. The molecule has 0 aliphatic carbocycles. The Morgan fingerprint density at radius 2 is 1.46 bits per heavy atom. The van der Waals surface area contributed by atoms with Crippen LogP contribution in [-0.4, -0.2) is 64.6 Å². The third kappa shape index (κ3) is 3.81. The Balaban J connectivity index is 1.35. The third-order valence-corrected chi connectivity index (χ3v) is 5.26. The Morgan fingerprint density at radius 1 is 0.846 bits per heavy atom. The average molecular weight is 354 g/mol. The summed E-state index contributed by atoms with van der Waals surface area (Å²) in [6, 6.07) is 5.99. The van der Waals surface area contributed by atoms with Crippen LogP contribution in [0.25, 0.3) is 0 Å². The van der Waals surface area contributed by atoms with Gasteiger partial charge in [-0.3, -0.25) is 4.79 Å². The molecule has 26 heavy (non-hydrogen) atoms. The first-order chi connectivity index (χ1) is 12.8. The molecule has 4 rings (SSSR count). The highest BCUT2D eigenvalue weighted by molar-refractivity contribution is 5.76. The summed E-state index contributed by atoms with van der Waals surface area (Å²) in [6.07, 6.45) is 9.31. The van der Waals surface area contributed by atoms with E-state index in [0.29, 0.717) is 6.54 Å². The largest absolute Gasteiger partial charge is 0.356 e. The Kier molecular flexibility index (Phi) is 5.04. The number of carbonyl (C=O) groups excluding carboxylic acids is 1. The van der Waals surface area contributed by atoms with Gasteiger partial charge in [-0.15, -0.1) is 0 Å². The highest BCUT2D eigenvalue weighted by atomic mass is 16.2. The van der Waals surface area contributed by atoms with Gasteiger partial charge in [0.15, 0.2) is 0 Å². The zero-order valence-corrected chi connectivity index (χ0v) is 15.1. The fraction of sp³-hybridized carbons (Fsp3) is 0.526. The molecule has 4 heterocycles. The number of hydrogen-bond acceptors (Lipinski definition) is 5. The van der Waals surface area contributed by atoms with Gasteiger partial charge in [0.1, 0.15) is 24.5 Å². The van der Waals surface area contributed by atoms with Crippen LogP contribution >= 0.6 is 0 Å². The highest BCUT2D eigenvalue weighted by Crippen LogP contribution is 2.22. The van der Waals surface area contributed by atoms with Crippen LogP contribution in [-0.2, 0) is 11.3 Å². The number of anilines is 2. The molecule has 0 radical (unpaired) electrons. The minimum Gasteiger partial charge on any atom is -0.356 e. The van der Waals surface area contributed by atoms with Crippen molar-refractivity contribution >= 4 is 17.5 Å². The lowest BCUT2D eigenvalue weighted by Crippen LogP contribution is -2.49. The van der Waals surface area contributed by atoms with Crippen LogP contribution in [0, 0.1) is 0 Å². The van der Waals surface area contributed by atoms with Gasteiger partial charge >= 0.3 is 0 Å². The fourth-order valence-corrected chi connectivity index (χ4v) is 3.72. The van der Waals surface area contributed by atoms with Crippen LogP contribution in [0.3, 0.4) is 0 Å². The molecule has 1 amide bonds. The summed E-state index contributed by atoms with van der Waals surface area (Å²) in [5.74, 6) is 2.18. The van der Waals surface area contributed by atoms with E-state index >= 15 is 0 Å². The van der Waals surface area contributed by atoms with Crippen molar-refractivity contribution < 1.29 is 4.79 Å². The van der Waals surface area contributed by atoms with Gasteiger partial charge < -0.3 is 19.3 Å². The molecule has 0 atom stereocenters. The molecule has 0 aromatic carbocycles. The lowest BCUT2D eigenvalue weighted by molar-refractivity contribution is -0.132. The third-order valence-electron chi connectivity index (χ3n) is 5.26. The zero-order chi connectivity index (χ0) is 17.8. The molecule has 2 aromatic heterocycles. The van der Waals surface area contributed by atoms with Crippen LogP contribution in [0.5, 0.6) is 0 Å². The first kappa shape index (κ1) is 16.9. The van der Waals surface area contributed by atoms with Gasteiger partial charge in [-0.25, -0.2) is 9.97 Å². The van der Waals surface area contributed by atoms with Crippen molar-refractivity contribution in [1.29, 1.82) is 0 Å². The van der Waals surface area contributed by atoms with Gasteiger partial charge in [0, 0.05) is 57.7 Å². The number of amides is 1. The van der Waals surface area contributed by atoms with E-state index in [0.717, 1.165) is 50.9 Å². The molecule has 138 valence electrons. The normalized spacial score (nSPS) is 18.2. The molecular formula is C19H26N6O. The van der Waals surface area contributed by atoms with E-state index in [1.54, 1.807) is 6.33 Å². The van der Waals surface area contributed by atoms with Gasteiger partial charge in [-0.1, -0.05) is 0 Å². The Bertz CT molecular complexity index is 717. The summed E-state index contributed by atoms with van der Waals surface area (Å²) in [5.41, 5.74) is 0. The second kappa shape index (κ2) is 7.76. The molecule has 0 saturated carbocycles. The molecule has 2 aliphatic heterocycles. The summed E-state index contributed by atoms with van der Waals surface area (Å²) >= 11 is 0. The first-order valence-corrected chi connectivity index (χ1v) is 9.50. The van der Waals surface area contributed by atoms with Crippen molar-refractivity contribution in [2.24, 2.45) is 0 Å². The molecule has 7 heteroatoms. The van der Waals surface area contributed by atoms with Crippen LogP contribution in [0.1, 0.15) is 19.3 Å². The van der Waals surface area contributed by atoms with Crippen molar-refractivity contribution in [3.8, 4) is 0 Å². The lowest BCUT2D eigenvalue weighted by atomic mass is 10.1. The van der Waals surface area contributed by atoms with Crippen molar-refractivity contribution in [3.05, 3.63) is 36.9 Å². The predicted molar refractivity (Wildman–Crippen MR) is 101 cm³/mol. The van der Waals surface area contributed by atoms with Crippen molar-refractivity contribution in [2.75, 3.05) is 49.1 Å². The molecule has 2 fully saturated rings. The number of rotatable bonds is 4. The van der Waals surface area contributed by atoms with Gasteiger partial charge in [-0.05, 0) is 31.4 Å². The van der Waals surface area contributed by atoms with E-state index in [1.165, 1.54) is 19.3 Å². The SMILES string of the molecule is O=C(Cn1cccc1)N1CCN(c2cc(N3CCCCC3)ncn2)CC1. The van der Waals surface area contributed by atoms with Gasteiger partial charge in [0.2, 0.25) is 5.91 Å². The number of piperazine rings is 1. The van der Waals surface area contributed by atoms with Gasteiger partial charge in [0.25, 0.3) is 0 Å². The minimum atomic E-state index is 0.178.